The first kappa shape index (κ1) is 13.1. The Kier molecular flexibility index (Phi) is 3.84. The molecule has 0 amide bonds. The Hall–Kier alpha value is -0.940. The molecule has 1 aromatic heterocycles. The molecule has 19 heavy (non-hydrogen) atoms. The van der Waals surface area contributed by atoms with E-state index in [2.05, 4.69) is 9.88 Å². The largest absolute Gasteiger partial charge is 0.480 e. The van der Waals surface area contributed by atoms with Gasteiger partial charge in [0, 0.05) is 23.5 Å². The van der Waals surface area contributed by atoms with E-state index in [4.69, 9.17) is 0 Å². The highest BCUT2D eigenvalue weighted by molar-refractivity contribution is 7.11. The van der Waals surface area contributed by atoms with Crippen molar-refractivity contribution in [2.24, 2.45) is 0 Å². The summed E-state index contributed by atoms with van der Waals surface area (Å²) in [6.07, 6.45) is 8.74. The van der Waals surface area contributed by atoms with Crippen LogP contribution in [0.5, 0.6) is 0 Å². The van der Waals surface area contributed by atoms with Crippen molar-refractivity contribution in [1.82, 2.24) is 9.88 Å². The van der Waals surface area contributed by atoms with Crippen molar-refractivity contribution in [3.63, 3.8) is 0 Å². The van der Waals surface area contributed by atoms with E-state index in [0.29, 0.717) is 5.92 Å². The van der Waals surface area contributed by atoms with Crippen LogP contribution >= 0.6 is 11.3 Å². The van der Waals surface area contributed by atoms with Gasteiger partial charge < -0.3 is 5.11 Å². The van der Waals surface area contributed by atoms with Gasteiger partial charge in [0.15, 0.2) is 0 Å². The molecular weight excluding hydrogens is 260 g/mol. The average molecular weight is 280 g/mol. The zero-order chi connectivity index (χ0) is 13.2. The molecule has 0 spiro atoms. The van der Waals surface area contributed by atoms with Crippen LogP contribution in [-0.2, 0) is 11.3 Å². The number of likely N-dealkylation sites (tertiary alicyclic amines) is 1. The maximum Gasteiger partial charge on any atom is 0.320 e. The molecule has 0 bridgehead atoms. The number of rotatable bonds is 4. The standard InChI is InChI=1S/C14H20N2O2S/c17-14(18)12-6-1-2-7-16(12)9-11-8-15-13(19-11)10-4-3-5-10/h8,10,12H,1-7,9H2,(H,17,18). The molecule has 3 rings (SSSR count). The second-order valence-electron chi connectivity index (χ2n) is 5.61. The maximum absolute atomic E-state index is 11.3. The Labute approximate surface area is 117 Å². The van der Waals surface area contributed by atoms with Crippen molar-refractivity contribution in [2.75, 3.05) is 6.54 Å². The SMILES string of the molecule is O=C(O)C1CCCCN1Cc1cnc(C2CCC2)s1. The van der Waals surface area contributed by atoms with E-state index in [1.807, 2.05) is 6.20 Å². The summed E-state index contributed by atoms with van der Waals surface area (Å²) in [6, 6.07) is -0.303. The molecule has 1 atom stereocenters. The number of hydrogen-bond donors (Lipinski definition) is 1. The summed E-state index contributed by atoms with van der Waals surface area (Å²) in [5, 5.41) is 10.5. The summed E-state index contributed by atoms with van der Waals surface area (Å²) in [7, 11) is 0. The molecule has 1 saturated heterocycles. The van der Waals surface area contributed by atoms with Gasteiger partial charge in [-0.15, -0.1) is 11.3 Å². The zero-order valence-corrected chi connectivity index (χ0v) is 11.9. The number of piperidine rings is 1. The van der Waals surface area contributed by atoms with Crippen molar-refractivity contribution in [1.29, 1.82) is 0 Å². The van der Waals surface area contributed by atoms with Gasteiger partial charge in [-0.2, -0.15) is 0 Å². The van der Waals surface area contributed by atoms with Gasteiger partial charge in [0.05, 0.1) is 5.01 Å². The first-order valence-electron chi connectivity index (χ1n) is 7.15. The molecule has 5 heteroatoms. The van der Waals surface area contributed by atoms with E-state index >= 15 is 0 Å². The highest BCUT2D eigenvalue weighted by Gasteiger charge is 2.29. The van der Waals surface area contributed by atoms with Gasteiger partial charge in [-0.3, -0.25) is 9.69 Å². The van der Waals surface area contributed by atoms with Gasteiger partial charge in [-0.25, -0.2) is 4.98 Å². The van der Waals surface area contributed by atoms with E-state index in [1.54, 1.807) is 11.3 Å². The number of aromatic nitrogens is 1. The summed E-state index contributed by atoms with van der Waals surface area (Å²) in [5.41, 5.74) is 0. The summed E-state index contributed by atoms with van der Waals surface area (Å²) >= 11 is 1.78. The fraction of sp³-hybridized carbons (Fsp3) is 0.714. The van der Waals surface area contributed by atoms with Gasteiger partial charge in [-0.05, 0) is 32.2 Å². The highest BCUT2D eigenvalue weighted by Crippen LogP contribution is 2.38. The molecule has 0 radical (unpaired) electrons. The Morgan fingerprint density at radius 2 is 2.21 bits per heavy atom. The summed E-state index contributed by atoms with van der Waals surface area (Å²) in [5.74, 6) is -0.00110. The van der Waals surface area contributed by atoms with Crippen LogP contribution < -0.4 is 0 Å². The van der Waals surface area contributed by atoms with Crippen LogP contribution in [0, 0.1) is 0 Å². The first-order valence-corrected chi connectivity index (χ1v) is 7.97. The van der Waals surface area contributed by atoms with Gasteiger partial charge in [0.25, 0.3) is 0 Å². The summed E-state index contributed by atoms with van der Waals surface area (Å²) < 4.78 is 0. The maximum atomic E-state index is 11.3. The fourth-order valence-corrected chi connectivity index (χ4v) is 4.01. The van der Waals surface area contributed by atoms with Gasteiger partial charge in [0.2, 0.25) is 0 Å². The number of carboxylic acids is 1. The monoisotopic (exact) mass is 280 g/mol. The highest BCUT2D eigenvalue weighted by atomic mass is 32.1. The van der Waals surface area contributed by atoms with Crippen LogP contribution in [-0.4, -0.2) is 33.5 Å². The average Bonchev–Trinajstić information content (AvgIpc) is 2.75. The Morgan fingerprint density at radius 3 is 2.89 bits per heavy atom. The molecule has 1 saturated carbocycles. The lowest BCUT2D eigenvalue weighted by Gasteiger charge is -2.32. The molecule has 1 aromatic rings. The van der Waals surface area contributed by atoms with Crippen molar-refractivity contribution < 1.29 is 9.90 Å². The predicted octanol–water partition coefficient (Wildman–Crippen LogP) is 2.85. The molecule has 1 aliphatic heterocycles. The summed E-state index contributed by atoms with van der Waals surface area (Å²) in [6.45, 7) is 1.65. The van der Waals surface area contributed by atoms with Crippen molar-refractivity contribution in [3.05, 3.63) is 16.1 Å². The van der Waals surface area contributed by atoms with E-state index in [0.717, 1.165) is 32.4 Å². The lowest BCUT2D eigenvalue weighted by Crippen LogP contribution is -2.43. The number of carboxylic acid groups (broad SMARTS) is 1. The molecule has 2 fully saturated rings. The fourth-order valence-electron chi connectivity index (χ4n) is 2.90. The second kappa shape index (κ2) is 5.59. The topological polar surface area (TPSA) is 53.4 Å². The molecule has 1 unspecified atom stereocenters. The second-order valence-corrected chi connectivity index (χ2v) is 6.76. The van der Waals surface area contributed by atoms with Crippen molar-refractivity contribution >= 4 is 17.3 Å². The van der Waals surface area contributed by atoms with E-state index in [9.17, 15) is 9.90 Å². The van der Waals surface area contributed by atoms with Crippen LogP contribution in [0.25, 0.3) is 0 Å². The molecule has 104 valence electrons. The molecule has 2 aliphatic rings. The molecular formula is C14H20N2O2S. The van der Waals surface area contributed by atoms with Gasteiger partial charge >= 0.3 is 5.97 Å². The smallest absolute Gasteiger partial charge is 0.320 e. The first-order chi connectivity index (χ1) is 9.24. The molecule has 0 aromatic carbocycles. The van der Waals surface area contributed by atoms with Crippen LogP contribution in [0.4, 0.5) is 0 Å². The number of hydrogen-bond acceptors (Lipinski definition) is 4. The zero-order valence-electron chi connectivity index (χ0n) is 11.0. The molecule has 1 aliphatic carbocycles. The minimum atomic E-state index is -0.677. The Balaban J connectivity index is 1.65. The third kappa shape index (κ3) is 2.82. The predicted molar refractivity (Wildman–Crippen MR) is 74.4 cm³/mol. The molecule has 2 heterocycles. The minimum absolute atomic E-state index is 0.303. The lowest BCUT2D eigenvalue weighted by atomic mass is 9.86. The van der Waals surface area contributed by atoms with Gasteiger partial charge in [-0.1, -0.05) is 12.8 Å². The van der Waals surface area contributed by atoms with Crippen LogP contribution in [0.2, 0.25) is 0 Å². The van der Waals surface area contributed by atoms with E-state index in [-0.39, 0.29) is 6.04 Å². The van der Waals surface area contributed by atoms with Crippen LogP contribution in [0.3, 0.4) is 0 Å². The molecule has 4 nitrogen and oxygen atoms in total. The van der Waals surface area contributed by atoms with E-state index < -0.39 is 5.97 Å². The van der Waals surface area contributed by atoms with E-state index in [1.165, 1.54) is 29.1 Å². The normalized spacial score (nSPS) is 25.2. The number of carbonyl (C=O) groups is 1. The number of aliphatic carboxylic acids is 1. The number of nitrogens with zero attached hydrogens (tertiary/aromatic N) is 2. The third-order valence-electron chi connectivity index (χ3n) is 4.28. The lowest BCUT2D eigenvalue weighted by molar-refractivity contribution is -0.144. The van der Waals surface area contributed by atoms with Gasteiger partial charge in [0.1, 0.15) is 6.04 Å². The number of thiazole rings is 1. The Bertz CT molecular complexity index is 456. The van der Waals surface area contributed by atoms with Crippen LogP contribution in [0.15, 0.2) is 6.20 Å². The van der Waals surface area contributed by atoms with Crippen LogP contribution in [0.1, 0.15) is 54.3 Å². The minimum Gasteiger partial charge on any atom is -0.480 e. The third-order valence-corrected chi connectivity index (χ3v) is 5.43. The summed E-state index contributed by atoms with van der Waals surface area (Å²) in [4.78, 5) is 19.1. The van der Waals surface area contributed by atoms with Crippen molar-refractivity contribution in [3.8, 4) is 0 Å². The molecule has 1 N–H and O–H groups in total. The quantitative estimate of drug-likeness (QED) is 0.921. The Morgan fingerprint density at radius 1 is 1.37 bits per heavy atom. The van der Waals surface area contributed by atoms with Crippen molar-refractivity contribution in [2.45, 2.75) is 57.0 Å².